The topological polar surface area (TPSA) is 81.9 Å². The highest BCUT2D eigenvalue weighted by molar-refractivity contribution is 6.30. The maximum atomic E-state index is 11.7. The number of hydrogen-bond donors (Lipinski definition) is 3. The average molecular weight is 291 g/mol. The van der Waals surface area contributed by atoms with Gasteiger partial charge in [-0.15, -0.1) is 0 Å². The summed E-state index contributed by atoms with van der Waals surface area (Å²) in [5, 5.41) is 23.0. The third kappa shape index (κ3) is 3.49. The molecule has 0 saturated carbocycles. The SMILES string of the molecule is O=C(N/N=C/c1cc(O)ccc1O)c1cccc(Cl)c1. The van der Waals surface area contributed by atoms with Crippen molar-refractivity contribution in [3.8, 4) is 11.5 Å². The lowest BCUT2D eigenvalue weighted by Crippen LogP contribution is -2.17. The molecule has 102 valence electrons. The summed E-state index contributed by atoms with van der Waals surface area (Å²) in [7, 11) is 0. The second-order valence-corrected chi connectivity index (χ2v) is 4.39. The van der Waals surface area contributed by atoms with Crippen LogP contribution < -0.4 is 5.43 Å². The van der Waals surface area contributed by atoms with E-state index in [1.807, 2.05) is 0 Å². The van der Waals surface area contributed by atoms with E-state index in [4.69, 9.17) is 11.6 Å². The molecule has 5 nitrogen and oxygen atoms in total. The second-order valence-electron chi connectivity index (χ2n) is 3.95. The Bertz CT molecular complexity index is 671. The summed E-state index contributed by atoms with van der Waals surface area (Å²) >= 11 is 5.78. The summed E-state index contributed by atoms with van der Waals surface area (Å²) in [6.45, 7) is 0. The van der Waals surface area contributed by atoms with Crippen LogP contribution in [0.3, 0.4) is 0 Å². The van der Waals surface area contributed by atoms with Crippen molar-refractivity contribution in [2.75, 3.05) is 0 Å². The van der Waals surface area contributed by atoms with E-state index in [0.29, 0.717) is 10.6 Å². The van der Waals surface area contributed by atoms with Crippen LogP contribution in [0.25, 0.3) is 0 Å². The van der Waals surface area contributed by atoms with Gasteiger partial charge in [0.15, 0.2) is 0 Å². The molecule has 0 aliphatic heterocycles. The van der Waals surface area contributed by atoms with Gasteiger partial charge in [-0.05, 0) is 36.4 Å². The molecule has 0 aromatic heterocycles. The van der Waals surface area contributed by atoms with Gasteiger partial charge in [-0.1, -0.05) is 17.7 Å². The van der Waals surface area contributed by atoms with Gasteiger partial charge < -0.3 is 10.2 Å². The fourth-order valence-electron chi connectivity index (χ4n) is 1.50. The minimum absolute atomic E-state index is 0.00887. The van der Waals surface area contributed by atoms with Gasteiger partial charge >= 0.3 is 0 Å². The first kappa shape index (κ1) is 13.9. The fourth-order valence-corrected chi connectivity index (χ4v) is 1.69. The van der Waals surface area contributed by atoms with Gasteiger partial charge in [0.05, 0.1) is 6.21 Å². The van der Waals surface area contributed by atoms with Crippen molar-refractivity contribution in [2.45, 2.75) is 0 Å². The van der Waals surface area contributed by atoms with Gasteiger partial charge in [0, 0.05) is 16.1 Å². The van der Waals surface area contributed by atoms with Crippen LogP contribution in [-0.4, -0.2) is 22.3 Å². The number of amides is 1. The first-order chi connectivity index (χ1) is 9.56. The summed E-state index contributed by atoms with van der Waals surface area (Å²) in [6.07, 6.45) is 1.23. The predicted octanol–water partition coefficient (Wildman–Crippen LogP) is 2.52. The first-order valence-corrected chi connectivity index (χ1v) is 6.05. The summed E-state index contributed by atoms with van der Waals surface area (Å²) in [6, 6.07) is 10.4. The Labute approximate surface area is 120 Å². The number of phenolic OH excluding ortho intramolecular Hbond substituents is 2. The van der Waals surface area contributed by atoms with Crippen molar-refractivity contribution in [1.29, 1.82) is 0 Å². The van der Waals surface area contributed by atoms with E-state index in [-0.39, 0.29) is 17.1 Å². The summed E-state index contributed by atoms with van der Waals surface area (Å²) in [4.78, 5) is 11.7. The highest BCUT2D eigenvalue weighted by Crippen LogP contribution is 2.20. The van der Waals surface area contributed by atoms with Crippen molar-refractivity contribution in [2.24, 2.45) is 5.10 Å². The summed E-state index contributed by atoms with van der Waals surface area (Å²) in [5.41, 5.74) is 2.96. The molecule has 0 atom stereocenters. The van der Waals surface area contributed by atoms with Gasteiger partial charge in [0.2, 0.25) is 0 Å². The van der Waals surface area contributed by atoms with Crippen molar-refractivity contribution < 1.29 is 15.0 Å². The number of hydrogen-bond acceptors (Lipinski definition) is 4. The largest absolute Gasteiger partial charge is 0.508 e. The third-order valence-electron chi connectivity index (χ3n) is 2.47. The molecule has 0 heterocycles. The van der Waals surface area contributed by atoms with E-state index in [9.17, 15) is 15.0 Å². The molecule has 1 amide bonds. The standard InChI is InChI=1S/C14H11ClN2O3/c15-11-3-1-2-9(6-11)14(20)17-16-8-10-7-12(18)4-5-13(10)19/h1-8,18-19H,(H,17,20)/b16-8+. The molecule has 0 aliphatic carbocycles. The Kier molecular flexibility index (Phi) is 4.22. The van der Waals surface area contributed by atoms with E-state index >= 15 is 0 Å². The van der Waals surface area contributed by atoms with Crippen LogP contribution in [0.5, 0.6) is 11.5 Å². The van der Waals surface area contributed by atoms with Crippen molar-refractivity contribution >= 4 is 23.7 Å². The quantitative estimate of drug-likeness (QED) is 0.461. The maximum Gasteiger partial charge on any atom is 0.271 e. The summed E-state index contributed by atoms with van der Waals surface area (Å²) in [5.74, 6) is -0.489. The van der Waals surface area contributed by atoms with Crippen molar-refractivity contribution in [1.82, 2.24) is 5.43 Å². The van der Waals surface area contributed by atoms with E-state index in [0.717, 1.165) is 0 Å². The number of phenols is 2. The molecule has 2 aromatic rings. The van der Waals surface area contributed by atoms with Gasteiger partial charge in [-0.3, -0.25) is 4.79 Å². The zero-order chi connectivity index (χ0) is 14.5. The van der Waals surface area contributed by atoms with E-state index in [2.05, 4.69) is 10.5 Å². The molecule has 0 spiro atoms. The lowest BCUT2D eigenvalue weighted by atomic mass is 10.2. The molecule has 6 heteroatoms. The molecule has 20 heavy (non-hydrogen) atoms. The van der Waals surface area contributed by atoms with Crippen LogP contribution in [0.2, 0.25) is 5.02 Å². The number of halogens is 1. The predicted molar refractivity (Wildman–Crippen MR) is 76.3 cm³/mol. The Morgan fingerprint density at radius 1 is 1.20 bits per heavy atom. The molecular formula is C14H11ClN2O3. The number of carbonyl (C=O) groups is 1. The highest BCUT2D eigenvalue weighted by Gasteiger charge is 2.04. The van der Waals surface area contributed by atoms with Crippen molar-refractivity contribution in [3.05, 3.63) is 58.6 Å². The van der Waals surface area contributed by atoms with E-state index < -0.39 is 5.91 Å². The second kappa shape index (κ2) is 6.08. The Balaban J connectivity index is 2.06. The molecule has 0 bridgehead atoms. The lowest BCUT2D eigenvalue weighted by Gasteiger charge is -2.01. The van der Waals surface area contributed by atoms with Crippen LogP contribution in [0.1, 0.15) is 15.9 Å². The third-order valence-corrected chi connectivity index (χ3v) is 2.70. The van der Waals surface area contributed by atoms with Crippen LogP contribution in [0.4, 0.5) is 0 Å². The number of nitrogens with zero attached hydrogens (tertiary/aromatic N) is 1. The zero-order valence-electron chi connectivity index (χ0n) is 10.2. The highest BCUT2D eigenvalue weighted by atomic mass is 35.5. The van der Waals surface area contributed by atoms with Crippen LogP contribution >= 0.6 is 11.6 Å². The maximum absolute atomic E-state index is 11.7. The number of carbonyl (C=O) groups excluding carboxylic acids is 1. The van der Waals surface area contributed by atoms with Gasteiger partial charge in [0.25, 0.3) is 5.91 Å². The monoisotopic (exact) mass is 290 g/mol. The number of rotatable bonds is 3. The van der Waals surface area contributed by atoms with Gasteiger partial charge in [-0.25, -0.2) is 5.43 Å². The Morgan fingerprint density at radius 3 is 2.75 bits per heavy atom. The molecule has 2 aromatic carbocycles. The Hall–Kier alpha value is -2.53. The number of nitrogens with one attached hydrogen (secondary N) is 1. The molecule has 0 radical (unpaired) electrons. The molecule has 2 rings (SSSR count). The smallest absolute Gasteiger partial charge is 0.271 e. The average Bonchev–Trinajstić information content (AvgIpc) is 2.42. The number of aromatic hydroxyl groups is 2. The number of hydrazone groups is 1. The van der Waals surface area contributed by atoms with Gasteiger partial charge in [0.1, 0.15) is 11.5 Å². The van der Waals surface area contributed by atoms with E-state index in [1.54, 1.807) is 18.2 Å². The lowest BCUT2D eigenvalue weighted by molar-refractivity contribution is 0.0955. The minimum Gasteiger partial charge on any atom is -0.508 e. The van der Waals surface area contributed by atoms with Crippen LogP contribution in [-0.2, 0) is 0 Å². The van der Waals surface area contributed by atoms with Gasteiger partial charge in [-0.2, -0.15) is 5.10 Å². The van der Waals surface area contributed by atoms with Crippen molar-refractivity contribution in [3.63, 3.8) is 0 Å². The molecule has 0 aliphatic rings. The molecule has 3 N–H and O–H groups in total. The van der Waals surface area contributed by atoms with Crippen LogP contribution in [0, 0.1) is 0 Å². The number of benzene rings is 2. The summed E-state index contributed by atoms with van der Waals surface area (Å²) < 4.78 is 0. The Morgan fingerprint density at radius 2 is 2.00 bits per heavy atom. The van der Waals surface area contributed by atoms with Crippen LogP contribution in [0.15, 0.2) is 47.6 Å². The zero-order valence-corrected chi connectivity index (χ0v) is 11.0. The molecule has 0 fully saturated rings. The normalized spacial score (nSPS) is 10.7. The minimum atomic E-state index is -0.427. The molecule has 0 unspecified atom stereocenters. The fraction of sp³-hybridized carbons (Fsp3) is 0. The van der Waals surface area contributed by atoms with E-state index in [1.165, 1.54) is 30.5 Å². The first-order valence-electron chi connectivity index (χ1n) is 5.67. The molecular weight excluding hydrogens is 280 g/mol. The molecule has 0 saturated heterocycles.